The van der Waals surface area contributed by atoms with Crippen molar-refractivity contribution in [1.29, 1.82) is 0 Å². The zero-order valence-corrected chi connectivity index (χ0v) is 14.5. The summed E-state index contributed by atoms with van der Waals surface area (Å²) in [4.78, 5) is 12.7. The molecule has 0 aromatic heterocycles. The van der Waals surface area contributed by atoms with Crippen LogP contribution in [0.5, 0.6) is 5.75 Å². The van der Waals surface area contributed by atoms with E-state index in [9.17, 15) is 4.79 Å². The molecule has 0 N–H and O–H groups in total. The van der Waals surface area contributed by atoms with Gasteiger partial charge in [0.1, 0.15) is 17.6 Å². The van der Waals surface area contributed by atoms with E-state index in [-0.39, 0.29) is 12.0 Å². The van der Waals surface area contributed by atoms with Crippen LogP contribution in [0.3, 0.4) is 0 Å². The minimum atomic E-state index is -0.0688. The van der Waals surface area contributed by atoms with Crippen LogP contribution in [0.2, 0.25) is 0 Å². The first-order valence-electron chi connectivity index (χ1n) is 9.35. The Morgan fingerprint density at radius 1 is 0.880 bits per heavy atom. The lowest BCUT2D eigenvalue weighted by Crippen LogP contribution is -2.32. The Kier molecular flexibility index (Phi) is 4.69. The molecule has 0 radical (unpaired) electrons. The van der Waals surface area contributed by atoms with Crippen molar-refractivity contribution in [2.45, 2.75) is 44.6 Å². The highest BCUT2D eigenvalue weighted by Crippen LogP contribution is 2.37. The highest BCUT2D eigenvalue weighted by molar-refractivity contribution is 5.86. The Bertz CT molecular complexity index is 776. The number of benzene rings is 2. The van der Waals surface area contributed by atoms with Gasteiger partial charge in [0.15, 0.2) is 0 Å². The van der Waals surface area contributed by atoms with E-state index in [4.69, 9.17) is 4.74 Å². The summed E-state index contributed by atoms with van der Waals surface area (Å²) in [7, 11) is 0. The molecule has 0 bridgehead atoms. The van der Waals surface area contributed by atoms with E-state index >= 15 is 0 Å². The molecule has 2 aromatic rings. The van der Waals surface area contributed by atoms with Crippen LogP contribution in [-0.2, 0) is 4.79 Å². The van der Waals surface area contributed by atoms with Gasteiger partial charge in [0.2, 0.25) is 0 Å². The van der Waals surface area contributed by atoms with E-state index < -0.39 is 0 Å². The molecule has 0 amide bonds. The van der Waals surface area contributed by atoms with Crippen LogP contribution in [0.15, 0.2) is 54.6 Å². The summed E-state index contributed by atoms with van der Waals surface area (Å²) < 4.78 is 6.40. The maximum absolute atomic E-state index is 12.7. The lowest BCUT2D eigenvalue weighted by atomic mass is 9.87. The number of Topliss-reactive ketones (excluding diaryl/α,β-unsaturated/α-hetero) is 1. The number of ether oxygens (including phenoxy) is 1. The summed E-state index contributed by atoms with van der Waals surface area (Å²) >= 11 is 0. The molecule has 2 aliphatic rings. The third-order valence-electron chi connectivity index (χ3n) is 5.39. The summed E-state index contributed by atoms with van der Waals surface area (Å²) in [5.41, 5.74) is 3.58. The van der Waals surface area contributed by atoms with Gasteiger partial charge in [-0.1, -0.05) is 61.4 Å². The molecule has 0 spiro atoms. The fraction of sp³-hybridized carbons (Fsp3) is 0.348. The first-order valence-corrected chi connectivity index (χ1v) is 9.35. The van der Waals surface area contributed by atoms with Gasteiger partial charge in [0, 0.05) is 18.4 Å². The Morgan fingerprint density at radius 2 is 1.68 bits per heavy atom. The summed E-state index contributed by atoms with van der Waals surface area (Å²) in [6.07, 6.45) is 7.92. The van der Waals surface area contributed by atoms with Crippen molar-refractivity contribution in [1.82, 2.24) is 0 Å². The van der Waals surface area contributed by atoms with Crippen LogP contribution in [0.4, 0.5) is 0 Å². The van der Waals surface area contributed by atoms with Gasteiger partial charge in [-0.25, -0.2) is 0 Å². The van der Waals surface area contributed by atoms with Gasteiger partial charge < -0.3 is 4.74 Å². The molecule has 1 heterocycles. The summed E-state index contributed by atoms with van der Waals surface area (Å²) in [5, 5.41) is 0. The maximum Gasteiger partial charge on any atom is 0.139 e. The smallest absolute Gasteiger partial charge is 0.139 e. The average Bonchev–Trinajstić information content (AvgIpc) is 2.98. The number of rotatable bonds is 2. The minimum absolute atomic E-state index is 0.0146. The standard InChI is InChI=1S/C23H24O2/c24-21-13-6-2-5-12-20(21)23-16-19(17-9-3-1-4-10-17)15-18-11-7-8-14-22(18)25-23/h1,3-4,7-11,14-15,20,23H,2,5-6,12-13,16H2. The molecule has 1 aliphatic heterocycles. The second kappa shape index (κ2) is 7.26. The molecule has 2 unspecified atom stereocenters. The van der Waals surface area contributed by atoms with Crippen molar-refractivity contribution < 1.29 is 9.53 Å². The Balaban J connectivity index is 1.72. The molecule has 128 valence electrons. The van der Waals surface area contributed by atoms with Crippen molar-refractivity contribution in [3.63, 3.8) is 0 Å². The first kappa shape index (κ1) is 16.1. The number of hydrogen-bond donors (Lipinski definition) is 0. The molecule has 0 saturated heterocycles. The molecule has 2 nitrogen and oxygen atoms in total. The quantitative estimate of drug-likeness (QED) is 0.676. The maximum atomic E-state index is 12.7. The molecule has 2 heteroatoms. The fourth-order valence-electron chi connectivity index (χ4n) is 4.03. The van der Waals surface area contributed by atoms with E-state index in [2.05, 4.69) is 36.4 Å². The van der Waals surface area contributed by atoms with Gasteiger partial charge in [0.25, 0.3) is 0 Å². The summed E-state index contributed by atoms with van der Waals surface area (Å²) in [6, 6.07) is 18.6. The fourth-order valence-corrected chi connectivity index (χ4v) is 4.03. The van der Waals surface area contributed by atoms with Crippen molar-refractivity contribution >= 4 is 17.4 Å². The topological polar surface area (TPSA) is 26.3 Å². The average molecular weight is 332 g/mol. The molecule has 1 saturated carbocycles. The Labute approximate surface area is 149 Å². The van der Waals surface area contributed by atoms with Crippen LogP contribution in [0.1, 0.15) is 49.7 Å². The van der Waals surface area contributed by atoms with Crippen LogP contribution in [0, 0.1) is 5.92 Å². The van der Waals surface area contributed by atoms with Crippen molar-refractivity contribution in [2.24, 2.45) is 5.92 Å². The molecule has 2 aromatic carbocycles. The van der Waals surface area contributed by atoms with Gasteiger partial charge in [-0.15, -0.1) is 0 Å². The van der Waals surface area contributed by atoms with Gasteiger partial charge in [-0.2, -0.15) is 0 Å². The number of ketones is 1. The number of carbonyl (C=O) groups is 1. The predicted molar refractivity (Wildman–Crippen MR) is 101 cm³/mol. The second-order valence-electron chi connectivity index (χ2n) is 7.11. The molecule has 1 aliphatic carbocycles. The molecule has 25 heavy (non-hydrogen) atoms. The first-order chi connectivity index (χ1) is 12.3. The van der Waals surface area contributed by atoms with E-state index in [0.717, 1.165) is 43.4 Å². The number of fused-ring (bicyclic) bond motifs is 1. The monoisotopic (exact) mass is 332 g/mol. The SMILES string of the molecule is O=C1CCCCCC1C1CC(c2ccccc2)=Cc2ccccc2O1. The lowest BCUT2D eigenvalue weighted by Gasteiger charge is -2.26. The Hall–Kier alpha value is -2.35. The van der Waals surface area contributed by atoms with Gasteiger partial charge >= 0.3 is 0 Å². The third kappa shape index (κ3) is 3.53. The third-order valence-corrected chi connectivity index (χ3v) is 5.39. The zero-order chi connectivity index (χ0) is 17.1. The zero-order valence-electron chi connectivity index (χ0n) is 14.5. The van der Waals surface area contributed by atoms with Gasteiger partial charge in [-0.05, 0) is 36.1 Å². The van der Waals surface area contributed by atoms with E-state index in [0.29, 0.717) is 12.2 Å². The second-order valence-corrected chi connectivity index (χ2v) is 7.11. The van der Waals surface area contributed by atoms with Crippen molar-refractivity contribution in [2.75, 3.05) is 0 Å². The number of carbonyl (C=O) groups excluding carboxylic acids is 1. The molecule has 1 fully saturated rings. The lowest BCUT2D eigenvalue weighted by molar-refractivity contribution is -0.125. The highest BCUT2D eigenvalue weighted by atomic mass is 16.5. The predicted octanol–water partition coefficient (Wildman–Crippen LogP) is 5.53. The van der Waals surface area contributed by atoms with Crippen molar-refractivity contribution in [3.05, 3.63) is 65.7 Å². The summed E-state index contributed by atoms with van der Waals surface area (Å²) in [5.74, 6) is 1.30. The largest absolute Gasteiger partial charge is 0.489 e. The number of hydrogen-bond acceptors (Lipinski definition) is 2. The number of para-hydroxylation sites is 1. The van der Waals surface area contributed by atoms with Gasteiger partial charge in [0.05, 0.1) is 5.92 Å². The van der Waals surface area contributed by atoms with Crippen LogP contribution in [0.25, 0.3) is 11.6 Å². The summed E-state index contributed by atoms with van der Waals surface area (Å²) in [6.45, 7) is 0. The minimum Gasteiger partial charge on any atom is -0.489 e. The molecule has 4 rings (SSSR count). The van der Waals surface area contributed by atoms with E-state index in [1.807, 2.05) is 24.3 Å². The Morgan fingerprint density at radius 3 is 2.56 bits per heavy atom. The van der Waals surface area contributed by atoms with Crippen LogP contribution >= 0.6 is 0 Å². The van der Waals surface area contributed by atoms with Crippen LogP contribution in [-0.4, -0.2) is 11.9 Å². The molecule has 2 atom stereocenters. The van der Waals surface area contributed by atoms with E-state index in [1.54, 1.807) is 0 Å². The molecular weight excluding hydrogens is 308 g/mol. The van der Waals surface area contributed by atoms with Crippen LogP contribution < -0.4 is 4.74 Å². The molecular formula is C23H24O2. The highest BCUT2D eigenvalue weighted by Gasteiger charge is 2.33. The normalized spacial score (nSPS) is 23.7. The van der Waals surface area contributed by atoms with Gasteiger partial charge in [-0.3, -0.25) is 4.79 Å². The van der Waals surface area contributed by atoms with E-state index in [1.165, 1.54) is 11.1 Å². The van der Waals surface area contributed by atoms with Crippen molar-refractivity contribution in [3.8, 4) is 5.75 Å².